The zero-order chi connectivity index (χ0) is 13.0. The topological polar surface area (TPSA) is 41.1 Å². The molecule has 1 aliphatic carbocycles. The van der Waals surface area contributed by atoms with E-state index in [1.807, 2.05) is 6.92 Å². The average Bonchev–Trinajstić information content (AvgIpc) is 2.96. The van der Waals surface area contributed by atoms with Crippen LogP contribution < -0.4 is 0 Å². The van der Waals surface area contributed by atoms with Crippen LogP contribution in [0.3, 0.4) is 0 Å². The second kappa shape index (κ2) is 3.58. The summed E-state index contributed by atoms with van der Waals surface area (Å²) in [6, 6.07) is 9.00. The summed E-state index contributed by atoms with van der Waals surface area (Å²) in [5, 5.41) is 9.18. The first kappa shape index (κ1) is 11.0. The number of nitrogens with zero attached hydrogens (tertiary/aromatic N) is 3. The molecule has 19 heavy (non-hydrogen) atoms. The van der Waals surface area contributed by atoms with Crippen LogP contribution in [0.4, 0.5) is 0 Å². The van der Waals surface area contributed by atoms with E-state index >= 15 is 0 Å². The minimum Gasteiger partial charge on any atom is -0.290 e. The van der Waals surface area contributed by atoms with Crippen LogP contribution in [0.2, 0.25) is 0 Å². The molecule has 1 aliphatic rings. The fourth-order valence-electron chi connectivity index (χ4n) is 2.64. The van der Waals surface area contributed by atoms with Gasteiger partial charge < -0.3 is 0 Å². The predicted molar refractivity (Wildman–Crippen MR) is 76.3 cm³/mol. The molecule has 3 aromatic rings. The van der Waals surface area contributed by atoms with E-state index in [0.717, 1.165) is 29.9 Å². The first-order valence-corrected chi connectivity index (χ1v) is 7.29. The van der Waals surface area contributed by atoms with Crippen molar-refractivity contribution in [2.75, 3.05) is 0 Å². The SMILES string of the molecule is Cc1cn2c(n1)sc1cc(CC3(C#N)CC3)ccc12. The molecule has 0 atom stereocenters. The number of fused-ring (bicyclic) bond motifs is 3. The first-order chi connectivity index (χ1) is 9.19. The fourth-order valence-corrected chi connectivity index (χ4v) is 3.75. The number of thiazole rings is 1. The Kier molecular flexibility index (Phi) is 2.07. The van der Waals surface area contributed by atoms with Crippen molar-refractivity contribution in [2.24, 2.45) is 5.41 Å². The van der Waals surface area contributed by atoms with Gasteiger partial charge in [0.2, 0.25) is 0 Å². The molecule has 0 N–H and O–H groups in total. The zero-order valence-corrected chi connectivity index (χ0v) is 11.5. The first-order valence-electron chi connectivity index (χ1n) is 6.48. The van der Waals surface area contributed by atoms with E-state index in [4.69, 9.17) is 0 Å². The van der Waals surface area contributed by atoms with E-state index in [1.165, 1.54) is 15.8 Å². The second-order valence-corrected chi connectivity index (χ2v) is 6.52. The molecular formula is C15H13N3S. The van der Waals surface area contributed by atoms with E-state index < -0.39 is 0 Å². The molecule has 1 fully saturated rings. The van der Waals surface area contributed by atoms with Crippen molar-refractivity contribution in [3.8, 4) is 6.07 Å². The Hall–Kier alpha value is -1.86. The third-order valence-corrected chi connectivity index (χ3v) is 4.93. The molecule has 0 unspecified atom stereocenters. The average molecular weight is 267 g/mol. The highest BCUT2D eigenvalue weighted by Gasteiger charge is 2.42. The highest BCUT2D eigenvalue weighted by Crippen LogP contribution is 2.47. The van der Waals surface area contributed by atoms with E-state index in [9.17, 15) is 5.26 Å². The van der Waals surface area contributed by atoms with Crippen LogP contribution in [0.25, 0.3) is 15.2 Å². The Labute approximate surface area is 115 Å². The predicted octanol–water partition coefficient (Wildman–Crippen LogP) is 3.70. The minimum atomic E-state index is -0.0678. The third kappa shape index (κ3) is 1.66. The number of nitriles is 1. The van der Waals surface area contributed by atoms with Crippen LogP contribution in [0, 0.1) is 23.7 Å². The molecule has 0 spiro atoms. The van der Waals surface area contributed by atoms with Crippen LogP contribution in [0.5, 0.6) is 0 Å². The minimum absolute atomic E-state index is 0.0678. The van der Waals surface area contributed by atoms with Gasteiger partial charge in [-0.1, -0.05) is 17.4 Å². The van der Waals surface area contributed by atoms with Crippen LogP contribution in [-0.4, -0.2) is 9.38 Å². The monoisotopic (exact) mass is 267 g/mol. The van der Waals surface area contributed by atoms with Crippen LogP contribution >= 0.6 is 11.3 Å². The van der Waals surface area contributed by atoms with Gasteiger partial charge in [0.05, 0.1) is 27.4 Å². The highest BCUT2D eigenvalue weighted by atomic mass is 32.1. The number of aromatic nitrogens is 2. The molecule has 0 amide bonds. The molecular weight excluding hydrogens is 254 g/mol. The number of imidazole rings is 1. The maximum atomic E-state index is 9.18. The smallest absolute Gasteiger partial charge is 0.194 e. The lowest BCUT2D eigenvalue weighted by Crippen LogP contribution is -2.00. The van der Waals surface area contributed by atoms with Gasteiger partial charge in [0, 0.05) is 6.20 Å². The van der Waals surface area contributed by atoms with E-state index in [0.29, 0.717) is 0 Å². The number of benzene rings is 1. The molecule has 3 nitrogen and oxygen atoms in total. The molecule has 4 rings (SSSR count). The molecule has 94 valence electrons. The van der Waals surface area contributed by atoms with Gasteiger partial charge in [0.25, 0.3) is 0 Å². The van der Waals surface area contributed by atoms with E-state index in [1.54, 1.807) is 11.3 Å². The van der Waals surface area contributed by atoms with E-state index in [2.05, 4.69) is 39.8 Å². The zero-order valence-electron chi connectivity index (χ0n) is 10.7. The molecule has 1 aromatic carbocycles. The van der Waals surface area contributed by atoms with Gasteiger partial charge >= 0.3 is 0 Å². The molecule has 0 bridgehead atoms. The Morgan fingerprint density at radius 3 is 3.05 bits per heavy atom. The van der Waals surface area contributed by atoms with Crippen molar-refractivity contribution in [2.45, 2.75) is 26.2 Å². The normalized spacial score (nSPS) is 16.8. The molecule has 2 heterocycles. The van der Waals surface area contributed by atoms with Gasteiger partial charge in [-0.05, 0) is 43.9 Å². The molecule has 1 saturated carbocycles. The number of rotatable bonds is 2. The van der Waals surface area contributed by atoms with Crippen LogP contribution in [0.1, 0.15) is 24.1 Å². The summed E-state index contributed by atoms with van der Waals surface area (Å²) in [4.78, 5) is 5.56. The quantitative estimate of drug-likeness (QED) is 0.710. The lowest BCUT2D eigenvalue weighted by Gasteiger charge is -2.05. The van der Waals surface area contributed by atoms with E-state index in [-0.39, 0.29) is 5.41 Å². The Morgan fingerprint density at radius 2 is 2.32 bits per heavy atom. The summed E-state index contributed by atoms with van der Waals surface area (Å²) in [5.74, 6) is 0. The third-order valence-electron chi connectivity index (χ3n) is 3.91. The van der Waals surface area contributed by atoms with Gasteiger partial charge in [-0.2, -0.15) is 5.26 Å². The lowest BCUT2D eigenvalue weighted by molar-refractivity contribution is 0.665. The molecule has 0 aliphatic heterocycles. The van der Waals surface area contributed by atoms with Gasteiger partial charge in [0.15, 0.2) is 4.96 Å². The Bertz CT molecular complexity index is 830. The van der Waals surface area contributed by atoms with Crippen molar-refractivity contribution in [1.82, 2.24) is 9.38 Å². The maximum absolute atomic E-state index is 9.18. The maximum Gasteiger partial charge on any atom is 0.194 e. The van der Waals surface area contributed by atoms with Crippen molar-refractivity contribution in [1.29, 1.82) is 5.26 Å². The Morgan fingerprint density at radius 1 is 1.47 bits per heavy atom. The van der Waals surface area contributed by atoms with Gasteiger partial charge in [0.1, 0.15) is 0 Å². The fraction of sp³-hybridized carbons (Fsp3) is 0.333. The van der Waals surface area contributed by atoms with Gasteiger partial charge in [-0.15, -0.1) is 0 Å². The lowest BCUT2D eigenvalue weighted by atomic mass is 9.98. The Balaban J connectivity index is 1.81. The molecule has 0 radical (unpaired) electrons. The van der Waals surface area contributed by atoms with Crippen LogP contribution in [-0.2, 0) is 6.42 Å². The van der Waals surface area contributed by atoms with Crippen molar-refractivity contribution >= 4 is 26.5 Å². The van der Waals surface area contributed by atoms with Gasteiger partial charge in [-0.25, -0.2) is 4.98 Å². The summed E-state index contributed by atoms with van der Waals surface area (Å²) in [6.45, 7) is 2.02. The van der Waals surface area contributed by atoms with Crippen molar-refractivity contribution < 1.29 is 0 Å². The molecule has 0 saturated heterocycles. The summed E-state index contributed by atoms with van der Waals surface area (Å²) >= 11 is 1.72. The number of hydrogen-bond donors (Lipinski definition) is 0. The summed E-state index contributed by atoms with van der Waals surface area (Å²) in [5.41, 5.74) is 3.47. The second-order valence-electron chi connectivity index (χ2n) is 5.51. The van der Waals surface area contributed by atoms with Crippen molar-refractivity contribution in [3.05, 3.63) is 35.7 Å². The number of hydrogen-bond acceptors (Lipinski definition) is 3. The molecule has 2 aromatic heterocycles. The standard InChI is InChI=1S/C15H13N3S/c1-10-8-18-12-3-2-11(7-15(9-16)4-5-15)6-13(12)19-14(18)17-10/h2-3,6,8H,4-5,7H2,1H3. The highest BCUT2D eigenvalue weighted by molar-refractivity contribution is 7.23. The number of aryl methyl sites for hydroxylation is 1. The summed E-state index contributed by atoms with van der Waals surface area (Å²) < 4.78 is 3.41. The van der Waals surface area contributed by atoms with Gasteiger partial charge in [-0.3, -0.25) is 4.40 Å². The van der Waals surface area contributed by atoms with Crippen LogP contribution in [0.15, 0.2) is 24.4 Å². The summed E-state index contributed by atoms with van der Waals surface area (Å²) in [7, 11) is 0. The van der Waals surface area contributed by atoms with Crippen molar-refractivity contribution in [3.63, 3.8) is 0 Å². The summed E-state index contributed by atoms with van der Waals surface area (Å²) in [6.07, 6.45) is 5.06. The largest absolute Gasteiger partial charge is 0.290 e. The molecule has 4 heteroatoms.